The number of aliphatic hydroxyl groups excluding tert-OH is 1. The third-order valence-corrected chi connectivity index (χ3v) is 3.68. The van der Waals surface area contributed by atoms with E-state index in [9.17, 15) is 9.18 Å². The molecule has 1 atom stereocenters. The van der Waals surface area contributed by atoms with Gasteiger partial charge in [-0.15, -0.1) is 0 Å². The molecule has 0 aliphatic carbocycles. The Bertz CT molecular complexity index is 439. The fourth-order valence-electron chi connectivity index (χ4n) is 2.00. The van der Waals surface area contributed by atoms with Crippen LogP contribution in [0.25, 0.3) is 0 Å². The smallest absolute Gasteiger partial charge is 0.255 e. The summed E-state index contributed by atoms with van der Waals surface area (Å²) in [6, 6.07) is 4.07. The van der Waals surface area contributed by atoms with Crippen molar-refractivity contribution in [3.8, 4) is 0 Å². The van der Waals surface area contributed by atoms with Crippen molar-refractivity contribution < 1.29 is 14.3 Å². The molecule has 0 saturated carbocycles. The van der Waals surface area contributed by atoms with Crippen molar-refractivity contribution in [2.45, 2.75) is 6.42 Å². The van der Waals surface area contributed by atoms with Crippen LogP contribution in [0.3, 0.4) is 0 Å². The molecular formula is C12H13BrFNO2. The Labute approximate surface area is 107 Å². The van der Waals surface area contributed by atoms with Crippen molar-refractivity contribution in [3.05, 3.63) is 34.1 Å². The van der Waals surface area contributed by atoms with Crippen LogP contribution in [-0.4, -0.2) is 35.6 Å². The van der Waals surface area contributed by atoms with Crippen molar-refractivity contribution >= 4 is 21.8 Å². The number of halogens is 2. The van der Waals surface area contributed by atoms with Crippen molar-refractivity contribution in [1.82, 2.24) is 4.90 Å². The zero-order valence-electron chi connectivity index (χ0n) is 9.20. The summed E-state index contributed by atoms with van der Waals surface area (Å²) in [5.74, 6) is -0.465. The molecular weight excluding hydrogens is 289 g/mol. The molecule has 0 bridgehead atoms. The Balaban J connectivity index is 2.17. The van der Waals surface area contributed by atoms with E-state index >= 15 is 0 Å². The Hall–Kier alpha value is -0.940. The van der Waals surface area contributed by atoms with Gasteiger partial charge in [-0.1, -0.05) is 0 Å². The molecule has 1 saturated heterocycles. The molecule has 1 aliphatic heterocycles. The van der Waals surface area contributed by atoms with E-state index in [1.807, 2.05) is 0 Å². The molecule has 1 aromatic carbocycles. The first-order valence-corrected chi connectivity index (χ1v) is 6.26. The molecule has 1 unspecified atom stereocenters. The maximum Gasteiger partial charge on any atom is 0.255 e. The standard InChI is InChI=1S/C12H13BrFNO2/c13-11-2-1-9(14)5-10(11)12(17)15-4-3-8(6-15)7-16/h1-2,5,8,16H,3-4,6-7H2. The van der Waals surface area contributed by atoms with Gasteiger partial charge in [0.25, 0.3) is 5.91 Å². The second-order valence-corrected chi connectivity index (χ2v) is 5.07. The lowest BCUT2D eigenvalue weighted by atomic mass is 10.1. The summed E-state index contributed by atoms with van der Waals surface area (Å²) in [5, 5.41) is 9.03. The van der Waals surface area contributed by atoms with Crippen LogP contribution in [0.5, 0.6) is 0 Å². The van der Waals surface area contributed by atoms with Gasteiger partial charge in [0.1, 0.15) is 5.82 Å². The Morgan fingerprint density at radius 1 is 1.59 bits per heavy atom. The molecule has 1 aliphatic rings. The highest BCUT2D eigenvalue weighted by Gasteiger charge is 2.27. The number of hydrogen-bond donors (Lipinski definition) is 1. The van der Waals surface area contributed by atoms with Crippen molar-refractivity contribution in [2.75, 3.05) is 19.7 Å². The maximum absolute atomic E-state index is 13.1. The summed E-state index contributed by atoms with van der Waals surface area (Å²) < 4.78 is 13.7. The van der Waals surface area contributed by atoms with Crippen LogP contribution in [0.15, 0.2) is 22.7 Å². The summed E-state index contributed by atoms with van der Waals surface area (Å²) in [6.45, 7) is 1.25. The zero-order valence-corrected chi connectivity index (χ0v) is 10.8. The molecule has 5 heteroatoms. The number of rotatable bonds is 2. The van der Waals surface area contributed by atoms with Gasteiger partial charge < -0.3 is 10.0 Å². The molecule has 1 amide bonds. The van der Waals surface area contributed by atoms with Gasteiger partial charge in [-0.2, -0.15) is 0 Å². The van der Waals surface area contributed by atoms with E-state index < -0.39 is 5.82 Å². The number of carbonyl (C=O) groups is 1. The average molecular weight is 302 g/mol. The minimum Gasteiger partial charge on any atom is -0.396 e. The van der Waals surface area contributed by atoms with Crippen molar-refractivity contribution in [2.24, 2.45) is 5.92 Å². The quantitative estimate of drug-likeness (QED) is 0.908. The van der Waals surface area contributed by atoms with Gasteiger partial charge in [0.15, 0.2) is 0 Å². The summed E-state index contributed by atoms with van der Waals surface area (Å²) >= 11 is 3.25. The Kier molecular flexibility index (Phi) is 3.79. The molecule has 0 aromatic heterocycles. The largest absolute Gasteiger partial charge is 0.396 e. The van der Waals surface area contributed by atoms with Crippen LogP contribution in [-0.2, 0) is 0 Å². The highest BCUT2D eigenvalue weighted by Crippen LogP contribution is 2.23. The third kappa shape index (κ3) is 2.66. The molecule has 92 valence electrons. The topological polar surface area (TPSA) is 40.5 Å². The van der Waals surface area contributed by atoms with Crippen LogP contribution < -0.4 is 0 Å². The van der Waals surface area contributed by atoms with Crippen LogP contribution in [0.4, 0.5) is 4.39 Å². The molecule has 1 fully saturated rings. The number of aliphatic hydroxyl groups is 1. The van der Waals surface area contributed by atoms with Crippen LogP contribution in [0.1, 0.15) is 16.8 Å². The molecule has 0 spiro atoms. The van der Waals surface area contributed by atoms with Gasteiger partial charge in [-0.3, -0.25) is 4.79 Å². The molecule has 3 nitrogen and oxygen atoms in total. The predicted molar refractivity (Wildman–Crippen MR) is 65.2 cm³/mol. The number of nitrogens with zero attached hydrogens (tertiary/aromatic N) is 1. The normalized spacial score (nSPS) is 19.7. The maximum atomic E-state index is 13.1. The average Bonchev–Trinajstić information content (AvgIpc) is 2.80. The number of benzene rings is 1. The number of hydrogen-bond acceptors (Lipinski definition) is 2. The predicted octanol–water partition coefficient (Wildman–Crippen LogP) is 2.04. The van der Waals surface area contributed by atoms with Gasteiger partial charge in [0.2, 0.25) is 0 Å². The minimum atomic E-state index is -0.422. The van der Waals surface area contributed by atoms with Crippen LogP contribution in [0, 0.1) is 11.7 Å². The van der Waals surface area contributed by atoms with E-state index in [-0.39, 0.29) is 18.4 Å². The van der Waals surface area contributed by atoms with Crippen molar-refractivity contribution in [3.63, 3.8) is 0 Å². The monoisotopic (exact) mass is 301 g/mol. The summed E-state index contributed by atoms with van der Waals surface area (Å²) in [5.41, 5.74) is 0.337. The van der Waals surface area contributed by atoms with Gasteiger partial charge in [-0.25, -0.2) is 4.39 Å². The summed E-state index contributed by atoms with van der Waals surface area (Å²) in [4.78, 5) is 13.8. The molecule has 1 heterocycles. The minimum absolute atomic E-state index is 0.0914. The van der Waals surface area contributed by atoms with E-state index in [2.05, 4.69) is 15.9 Å². The highest BCUT2D eigenvalue weighted by atomic mass is 79.9. The lowest BCUT2D eigenvalue weighted by Gasteiger charge is -2.17. The van der Waals surface area contributed by atoms with Crippen LogP contribution >= 0.6 is 15.9 Å². The van der Waals surface area contributed by atoms with E-state index in [1.165, 1.54) is 18.2 Å². The fourth-order valence-corrected chi connectivity index (χ4v) is 2.41. The van der Waals surface area contributed by atoms with Gasteiger partial charge >= 0.3 is 0 Å². The van der Waals surface area contributed by atoms with Crippen molar-refractivity contribution in [1.29, 1.82) is 0 Å². The third-order valence-electron chi connectivity index (χ3n) is 2.99. The summed E-state index contributed by atoms with van der Waals surface area (Å²) in [7, 11) is 0. The van der Waals surface area contributed by atoms with Gasteiger partial charge in [0, 0.05) is 30.1 Å². The molecule has 0 radical (unpaired) electrons. The van der Waals surface area contributed by atoms with E-state index in [1.54, 1.807) is 4.90 Å². The Morgan fingerprint density at radius 2 is 2.35 bits per heavy atom. The molecule has 1 N–H and O–H groups in total. The molecule has 1 aromatic rings. The first-order valence-electron chi connectivity index (χ1n) is 5.47. The summed E-state index contributed by atoms with van der Waals surface area (Å²) in [6.07, 6.45) is 0.801. The SMILES string of the molecule is O=C(c1cc(F)ccc1Br)N1CCC(CO)C1. The van der Waals surface area contributed by atoms with E-state index in [0.717, 1.165) is 6.42 Å². The van der Waals surface area contributed by atoms with Crippen LogP contribution in [0.2, 0.25) is 0 Å². The lowest BCUT2D eigenvalue weighted by Crippen LogP contribution is -2.29. The second-order valence-electron chi connectivity index (χ2n) is 4.21. The number of carbonyl (C=O) groups excluding carboxylic acids is 1. The Morgan fingerprint density at radius 3 is 3.00 bits per heavy atom. The zero-order chi connectivity index (χ0) is 12.4. The van der Waals surface area contributed by atoms with E-state index in [0.29, 0.717) is 23.1 Å². The van der Waals surface area contributed by atoms with Gasteiger partial charge in [-0.05, 0) is 40.5 Å². The molecule has 2 rings (SSSR count). The lowest BCUT2D eigenvalue weighted by molar-refractivity contribution is 0.0780. The first-order chi connectivity index (χ1) is 8.11. The number of likely N-dealkylation sites (tertiary alicyclic amines) is 1. The van der Waals surface area contributed by atoms with Gasteiger partial charge in [0.05, 0.1) is 5.56 Å². The molecule has 17 heavy (non-hydrogen) atoms. The second kappa shape index (κ2) is 5.14. The van der Waals surface area contributed by atoms with E-state index in [4.69, 9.17) is 5.11 Å². The fraction of sp³-hybridized carbons (Fsp3) is 0.417. The highest BCUT2D eigenvalue weighted by molar-refractivity contribution is 9.10. The number of amides is 1. The first kappa shape index (κ1) is 12.5.